The van der Waals surface area contributed by atoms with Gasteiger partial charge in [-0.25, -0.2) is 19.6 Å². The summed E-state index contributed by atoms with van der Waals surface area (Å²) < 4.78 is 16.2. The Morgan fingerprint density at radius 2 is 1.67 bits per heavy atom. The number of aromatic nitrogens is 2. The third-order valence-corrected chi connectivity index (χ3v) is 9.80. The number of halogens is 1. The van der Waals surface area contributed by atoms with Crippen LogP contribution in [-0.2, 0) is 20.0 Å². The Kier molecular flexibility index (Phi) is 12.4. The summed E-state index contributed by atoms with van der Waals surface area (Å²) in [5.41, 5.74) is 3.01. The number of rotatable bonds is 12. The second kappa shape index (κ2) is 16.9. The Hall–Kier alpha value is -4.82. The number of carbonyl (C=O) groups excluding carboxylic acids is 2. The van der Waals surface area contributed by atoms with Crippen LogP contribution in [0, 0.1) is 22.7 Å². The maximum absolute atomic E-state index is 12.3. The zero-order valence-corrected chi connectivity index (χ0v) is 31.1. The van der Waals surface area contributed by atoms with Crippen LogP contribution >= 0.6 is 34.7 Å². The zero-order chi connectivity index (χ0) is 36.5. The van der Waals surface area contributed by atoms with E-state index >= 15 is 0 Å². The van der Waals surface area contributed by atoms with Gasteiger partial charge in [-0.3, -0.25) is 0 Å². The molecule has 0 radical (unpaired) electrons. The lowest BCUT2D eigenvalue weighted by Crippen LogP contribution is -2.42. The van der Waals surface area contributed by atoms with Crippen LogP contribution < -0.4 is 15.0 Å². The molecule has 0 unspecified atom stereocenters. The van der Waals surface area contributed by atoms with Gasteiger partial charge in [-0.05, 0) is 70.4 Å². The molecule has 4 aromatic rings. The molecule has 2 aromatic carbocycles. The molecule has 11 nitrogen and oxygen atoms in total. The highest BCUT2D eigenvalue weighted by Gasteiger charge is 2.27. The second-order valence-corrected chi connectivity index (χ2v) is 14.9. The van der Waals surface area contributed by atoms with Gasteiger partial charge >= 0.3 is 12.1 Å². The first-order valence-corrected chi connectivity index (χ1v) is 18.6. The van der Waals surface area contributed by atoms with Crippen LogP contribution in [0.3, 0.4) is 0 Å². The highest BCUT2D eigenvalue weighted by atomic mass is 35.5. The first-order valence-electron chi connectivity index (χ1n) is 16.3. The molecule has 0 aliphatic carbocycles. The number of ether oxygens (including phenoxy) is 3. The zero-order valence-electron chi connectivity index (χ0n) is 28.7. The fourth-order valence-electron chi connectivity index (χ4n) is 5.24. The van der Waals surface area contributed by atoms with Crippen LogP contribution in [0.1, 0.15) is 57.4 Å². The number of nitriles is 2. The number of hydrogen-bond donors (Lipinski definition) is 1. The smallest absolute Gasteiger partial charge is 0.408 e. The topological polar surface area (TPSA) is 150 Å². The first-order chi connectivity index (χ1) is 24.5. The maximum atomic E-state index is 12.3. The van der Waals surface area contributed by atoms with Gasteiger partial charge in [0.1, 0.15) is 64.2 Å². The largest absolute Gasteiger partial charge is 0.490 e. The van der Waals surface area contributed by atoms with Gasteiger partial charge in [0.2, 0.25) is 0 Å². The van der Waals surface area contributed by atoms with E-state index in [9.17, 15) is 20.1 Å². The van der Waals surface area contributed by atoms with Crippen molar-refractivity contribution in [3.63, 3.8) is 0 Å². The molecule has 1 aliphatic heterocycles. The van der Waals surface area contributed by atoms with E-state index in [1.807, 2.05) is 29.6 Å². The Balaban J connectivity index is 1.30. The molecule has 264 valence electrons. The summed E-state index contributed by atoms with van der Waals surface area (Å²) in [5.74, 6) is 0.952. The molecule has 1 amide bonds. The Morgan fingerprint density at radius 1 is 1.00 bits per heavy atom. The van der Waals surface area contributed by atoms with Gasteiger partial charge in [0.15, 0.2) is 0 Å². The minimum Gasteiger partial charge on any atom is -0.490 e. The summed E-state index contributed by atoms with van der Waals surface area (Å²) in [6, 6.07) is 18.4. The Morgan fingerprint density at radius 3 is 2.31 bits per heavy atom. The third kappa shape index (κ3) is 9.91. The van der Waals surface area contributed by atoms with Crippen molar-refractivity contribution in [1.29, 1.82) is 10.5 Å². The summed E-state index contributed by atoms with van der Waals surface area (Å²) in [6.07, 6.45) is 1.28. The van der Waals surface area contributed by atoms with Gasteiger partial charge in [-0.1, -0.05) is 47.6 Å². The van der Waals surface area contributed by atoms with Crippen LogP contribution in [0.25, 0.3) is 21.7 Å². The molecule has 1 N–H and O–H groups in total. The molecule has 3 heterocycles. The van der Waals surface area contributed by atoms with Crippen molar-refractivity contribution in [2.24, 2.45) is 0 Å². The number of nitrogens with one attached hydrogen (secondary N) is 1. The van der Waals surface area contributed by atoms with Gasteiger partial charge in [-0.2, -0.15) is 10.5 Å². The number of benzene rings is 2. The lowest BCUT2D eigenvalue weighted by Gasteiger charge is -2.22. The van der Waals surface area contributed by atoms with E-state index < -0.39 is 23.7 Å². The summed E-state index contributed by atoms with van der Waals surface area (Å²) in [4.78, 5) is 36.1. The lowest BCUT2D eigenvalue weighted by molar-refractivity contribution is -0.146. The van der Waals surface area contributed by atoms with Gasteiger partial charge in [-0.15, -0.1) is 11.3 Å². The number of anilines is 1. The lowest BCUT2D eigenvalue weighted by atomic mass is 9.96. The highest BCUT2D eigenvalue weighted by Crippen LogP contribution is 2.40. The number of pyridine rings is 1. The van der Waals surface area contributed by atoms with Gasteiger partial charge < -0.3 is 24.4 Å². The van der Waals surface area contributed by atoms with Crippen molar-refractivity contribution in [1.82, 2.24) is 15.3 Å². The first kappa shape index (κ1) is 37.4. The van der Waals surface area contributed by atoms with Crippen molar-refractivity contribution >= 4 is 52.6 Å². The summed E-state index contributed by atoms with van der Waals surface area (Å²) in [6.45, 7) is 8.29. The summed E-state index contributed by atoms with van der Waals surface area (Å²) in [5, 5.41) is 27.4. The third-order valence-electron chi connectivity index (χ3n) is 7.60. The number of thiazole rings is 1. The molecule has 1 aliphatic rings. The monoisotopic (exact) mass is 744 g/mol. The molecule has 51 heavy (non-hydrogen) atoms. The highest BCUT2D eigenvalue weighted by molar-refractivity contribution is 7.98. The van der Waals surface area contributed by atoms with E-state index in [-0.39, 0.29) is 13.2 Å². The van der Waals surface area contributed by atoms with Crippen molar-refractivity contribution in [3.05, 3.63) is 75.8 Å². The van der Waals surface area contributed by atoms with Crippen LogP contribution in [0.4, 0.5) is 10.6 Å². The number of carbonyl (C=O) groups is 2. The van der Waals surface area contributed by atoms with Crippen LogP contribution in [-0.4, -0.2) is 60.0 Å². The maximum Gasteiger partial charge on any atom is 0.408 e. The minimum absolute atomic E-state index is 0.0393. The minimum atomic E-state index is -0.898. The van der Waals surface area contributed by atoms with Crippen molar-refractivity contribution in [2.45, 2.75) is 63.0 Å². The fraction of sp³-hybridized carbons (Fsp3) is 0.351. The van der Waals surface area contributed by atoms with Crippen molar-refractivity contribution in [2.75, 3.05) is 31.2 Å². The standard InChI is InChI=1S/C37H37ClN6O5S2/c1-23(41-36(46)49-37(2,3)4)35(45)48-18-17-47-28-13-9-24(10-14-28)31-29(19-39)32(44-15-5-6-16-44)43-34(30(31)20-40)51-22-27-21-50-33(42-27)25-7-11-26(38)12-8-25/h7-14,21,23H,5-6,15-18,22H2,1-4H3,(H,41,46)/t23-/m0/s1. The molecule has 0 bridgehead atoms. The average molecular weight is 745 g/mol. The number of alkyl carbamates (subject to hydrolysis) is 1. The molecule has 5 rings (SSSR count). The fourth-order valence-corrected chi connectivity index (χ4v) is 7.17. The van der Waals surface area contributed by atoms with E-state index in [4.69, 9.17) is 35.8 Å². The molecule has 0 saturated carbocycles. The Labute approximate surface area is 310 Å². The molecular formula is C37H37ClN6O5S2. The van der Waals surface area contributed by atoms with E-state index in [0.29, 0.717) is 49.6 Å². The van der Waals surface area contributed by atoms with Gasteiger partial charge in [0.25, 0.3) is 0 Å². The van der Waals surface area contributed by atoms with E-state index in [1.165, 1.54) is 30.0 Å². The molecule has 1 atom stereocenters. The molecule has 1 saturated heterocycles. The number of thioether (sulfide) groups is 1. The predicted molar refractivity (Wildman–Crippen MR) is 198 cm³/mol. The Bertz CT molecular complexity index is 1940. The molecule has 14 heteroatoms. The summed E-state index contributed by atoms with van der Waals surface area (Å²) >= 11 is 9.01. The quantitative estimate of drug-likeness (QED) is 0.0854. The normalized spacial score (nSPS) is 13.2. The van der Waals surface area contributed by atoms with Crippen LogP contribution in [0.2, 0.25) is 5.02 Å². The number of amides is 1. The van der Waals surface area contributed by atoms with E-state index in [1.54, 1.807) is 45.0 Å². The average Bonchev–Trinajstić information content (AvgIpc) is 3.81. The molecule has 0 spiro atoms. The number of esters is 1. The van der Waals surface area contributed by atoms with E-state index in [2.05, 4.69) is 22.4 Å². The van der Waals surface area contributed by atoms with Gasteiger partial charge in [0.05, 0.1) is 11.3 Å². The van der Waals surface area contributed by atoms with E-state index in [0.717, 1.165) is 42.2 Å². The second-order valence-electron chi connectivity index (χ2n) is 12.6. The predicted octanol–water partition coefficient (Wildman–Crippen LogP) is 8.00. The van der Waals surface area contributed by atoms with Crippen molar-refractivity contribution in [3.8, 4) is 39.6 Å². The summed E-state index contributed by atoms with van der Waals surface area (Å²) in [7, 11) is 0. The van der Waals surface area contributed by atoms with Crippen LogP contribution in [0.5, 0.6) is 5.75 Å². The molecular weight excluding hydrogens is 708 g/mol. The van der Waals surface area contributed by atoms with Crippen molar-refractivity contribution < 1.29 is 23.8 Å². The van der Waals surface area contributed by atoms with Gasteiger partial charge in [0, 0.05) is 40.4 Å². The van der Waals surface area contributed by atoms with Crippen LogP contribution in [0.15, 0.2) is 58.9 Å². The molecule has 2 aromatic heterocycles. The number of hydrogen-bond acceptors (Lipinski definition) is 12. The SMILES string of the molecule is C[C@H](NC(=O)OC(C)(C)C)C(=O)OCCOc1ccc(-c2c(C#N)c(SCc3csc(-c4ccc(Cl)cc4)n3)nc(N3CCCC3)c2C#N)cc1. The number of nitrogens with zero attached hydrogens (tertiary/aromatic N) is 5. The molecule has 1 fully saturated rings.